The van der Waals surface area contributed by atoms with Crippen LogP contribution in [-0.4, -0.2) is 42.3 Å². The van der Waals surface area contributed by atoms with Crippen LogP contribution in [0.3, 0.4) is 0 Å². The Hall–Kier alpha value is -1.75. The number of hydrogen-bond donors (Lipinski definition) is 2. The average molecular weight is 306 g/mol. The molecular formula is C17H26N2O3. The van der Waals surface area contributed by atoms with E-state index in [2.05, 4.69) is 5.32 Å². The topological polar surface area (TPSA) is 61.8 Å². The summed E-state index contributed by atoms with van der Waals surface area (Å²) in [4.78, 5) is 14.2. The predicted molar refractivity (Wildman–Crippen MR) is 86.0 cm³/mol. The Bertz CT molecular complexity index is 503. The molecule has 0 bridgehead atoms. The Morgan fingerprint density at radius 1 is 1.45 bits per heavy atom. The molecule has 5 heteroatoms. The van der Waals surface area contributed by atoms with E-state index in [-0.39, 0.29) is 18.7 Å². The fourth-order valence-corrected chi connectivity index (χ4v) is 2.97. The first-order valence-corrected chi connectivity index (χ1v) is 7.94. The van der Waals surface area contributed by atoms with Crippen molar-refractivity contribution in [1.82, 2.24) is 10.2 Å². The summed E-state index contributed by atoms with van der Waals surface area (Å²) in [6.07, 6.45) is 3.80. The number of aryl methyl sites for hydroxylation is 1. The number of ether oxygens (including phenoxy) is 1. The number of methoxy groups -OCH3 is 1. The van der Waals surface area contributed by atoms with Gasteiger partial charge in [-0.05, 0) is 49.8 Å². The van der Waals surface area contributed by atoms with Gasteiger partial charge in [0.1, 0.15) is 5.75 Å². The molecule has 0 saturated carbocycles. The SMILES string of the molecule is COc1cc(CNC(=O)N2CCCC[C@@H]2CCO)ccc1C. The number of hydrogen-bond acceptors (Lipinski definition) is 3. The van der Waals surface area contributed by atoms with E-state index in [0.717, 1.165) is 42.7 Å². The molecule has 0 unspecified atom stereocenters. The summed E-state index contributed by atoms with van der Waals surface area (Å²) in [5.74, 6) is 0.836. The van der Waals surface area contributed by atoms with E-state index in [4.69, 9.17) is 9.84 Å². The van der Waals surface area contributed by atoms with Crippen LogP contribution in [0, 0.1) is 6.92 Å². The lowest BCUT2D eigenvalue weighted by atomic mass is 10.0. The number of aliphatic hydroxyl groups excluding tert-OH is 1. The molecule has 1 aromatic carbocycles. The first-order chi connectivity index (χ1) is 10.7. The molecule has 0 aromatic heterocycles. The molecule has 0 aliphatic carbocycles. The van der Waals surface area contributed by atoms with Gasteiger partial charge in [0.2, 0.25) is 0 Å². The molecule has 1 atom stereocenters. The van der Waals surface area contributed by atoms with Crippen LogP contribution in [0.5, 0.6) is 5.75 Å². The zero-order valence-electron chi connectivity index (χ0n) is 13.5. The van der Waals surface area contributed by atoms with E-state index >= 15 is 0 Å². The molecule has 1 aromatic rings. The number of nitrogens with zero attached hydrogens (tertiary/aromatic N) is 1. The van der Waals surface area contributed by atoms with Crippen molar-refractivity contribution in [3.63, 3.8) is 0 Å². The van der Waals surface area contributed by atoms with Gasteiger partial charge in [0.15, 0.2) is 0 Å². The number of carbonyl (C=O) groups excluding carboxylic acids is 1. The highest BCUT2D eigenvalue weighted by atomic mass is 16.5. The number of carbonyl (C=O) groups is 1. The predicted octanol–water partition coefficient (Wildman–Crippen LogP) is 2.45. The third kappa shape index (κ3) is 4.13. The first-order valence-electron chi connectivity index (χ1n) is 7.94. The van der Waals surface area contributed by atoms with Crippen LogP contribution in [0.2, 0.25) is 0 Å². The largest absolute Gasteiger partial charge is 0.496 e. The molecule has 2 amide bonds. The van der Waals surface area contributed by atoms with Crippen LogP contribution in [0.25, 0.3) is 0 Å². The number of aliphatic hydroxyl groups is 1. The fraction of sp³-hybridized carbons (Fsp3) is 0.588. The first kappa shape index (κ1) is 16.6. The maximum atomic E-state index is 12.4. The van der Waals surface area contributed by atoms with E-state index < -0.39 is 0 Å². The highest BCUT2D eigenvalue weighted by molar-refractivity contribution is 5.74. The summed E-state index contributed by atoms with van der Waals surface area (Å²) in [7, 11) is 1.65. The zero-order valence-corrected chi connectivity index (χ0v) is 13.5. The van der Waals surface area contributed by atoms with Crippen molar-refractivity contribution in [1.29, 1.82) is 0 Å². The summed E-state index contributed by atoms with van der Waals surface area (Å²) < 4.78 is 5.31. The van der Waals surface area contributed by atoms with Crippen LogP contribution < -0.4 is 10.1 Å². The van der Waals surface area contributed by atoms with Crippen molar-refractivity contribution in [2.75, 3.05) is 20.3 Å². The zero-order chi connectivity index (χ0) is 15.9. The molecule has 122 valence electrons. The van der Waals surface area contributed by atoms with Crippen LogP contribution in [-0.2, 0) is 6.54 Å². The van der Waals surface area contributed by atoms with Gasteiger partial charge in [-0.2, -0.15) is 0 Å². The van der Waals surface area contributed by atoms with Gasteiger partial charge in [0.05, 0.1) is 7.11 Å². The van der Waals surface area contributed by atoms with Gasteiger partial charge in [-0.1, -0.05) is 12.1 Å². The van der Waals surface area contributed by atoms with Crippen molar-refractivity contribution in [3.05, 3.63) is 29.3 Å². The number of rotatable bonds is 5. The van der Waals surface area contributed by atoms with E-state index in [0.29, 0.717) is 13.0 Å². The minimum absolute atomic E-state index is 0.0438. The smallest absolute Gasteiger partial charge is 0.317 e. The minimum Gasteiger partial charge on any atom is -0.496 e. The van der Waals surface area contributed by atoms with Gasteiger partial charge < -0.3 is 20.1 Å². The number of benzene rings is 1. The van der Waals surface area contributed by atoms with Gasteiger partial charge in [-0.3, -0.25) is 0 Å². The fourth-order valence-electron chi connectivity index (χ4n) is 2.97. The summed E-state index contributed by atoms with van der Waals surface area (Å²) in [6, 6.07) is 6.07. The second-order valence-electron chi connectivity index (χ2n) is 5.82. The molecule has 2 rings (SSSR count). The molecule has 1 heterocycles. The summed E-state index contributed by atoms with van der Waals surface area (Å²) >= 11 is 0. The van der Waals surface area contributed by atoms with E-state index in [1.54, 1.807) is 7.11 Å². The quantitative estimate of drug-likeness (QED) is 0.878. The monoisotopic (exact) mass is 306 g/mol. The lowest BCUT2D eigenvalue weighted by Gasteiger charge is -2.35. The lowest BCUT2D eigenvalue weighted by molar-refractivity contribution is 0.131. The van der Waals surface area contributed by atoms with Crippen molar-refractivity contribution in [2.24, 2.45) is 0 Å². The molecule has 22 heavy (non-hydrogen) atoms. The van der Waals surface area contributed by atoms with Crippen molar-refractivity contribution in [3.8, 4) is 5.75 Å². The Kier molecular flexibility index (Phi) is 6.07. The van der Waals surface area contributed by atoms with Crippen LogP contribution in [0.1, 0.15) is 36.8 Å². The maximum Gasteiger partial charge on any atom is 0.317 e. The Balaban J connectivity index is 1.93. The number of amides is 2. The molecule has 1 fully saturated rings. The highest BCUT2D eigenvalue weighted by Crippen LogP contribution is 2.21. The second kappa shape index (κ2) is 8.03. The molecule has 5 nitrogen and oxygen atoms in total. The molecule has 1 aliphatic heterocycles. The van der Waals surface area contributed by atoms with E-state index in [1.165, 1.54) is 0 Å². The van der Waals surface area contributed by atoms with Crippen molar-refractivity contribution < 1.29 is 14.6 Å². The minimum atomic E-state index is -0.0438. The molecular weight excluding hydrogens is 280 g/mol. The summed E-state index contributed by atoms with van der Waals surface area (Å²) in [6.45, 7) is 3.38. The number of urea groups is 1. The highest BCUT2D eigenvalue weighted by Gasteiger charge is 2.25. The standard InChI is InChI=1S/C17H26N2O3/c1-13-6-7-14(11-16(13)22-2)12-18-17(21)19-9-4-3-5-15(19)8-10-20/h6-7,11,15,20H,3-5,8-10,12H2,1-2H3,(H,18,21)/t15-/m1/s1. The Labute approximate surface area is 132 Å². The number of likely N-dealkylation sites (tertiary alicyclic amines) is 1. The third-order valence-electron chi connectivity index (χ3n) is 4.27. The van der Waals surface area contributed by atoms with Gasteiger partial charge in [-0.15, -0.1) is 0 Å². The molecule has 1 aliphatic rings. The Morgan fingerprint density at radius 3 is 3.00 bits per heavy atom. The summed E-state index contributed by atoms with van der Waals surface area (Å²) in [5, 5.41) is 12.1. The van der Waals surface area contributed by atoms with Crippen LogP contribution in [0.4, 0.5) is 4.79 Å². The second-order valence-corrected chi connectivity index (χ2v) is 5.82. The molecule has 2 N–H and O–H groups in total. The normalized spacial score (nSPS) is 18.1. The van der Waals surface area contributed by atoms with Gasteiger partial charge in [0, 0.05) is 25.7 Å². The van der Waals surface area contributed by atoms with Gasteiger partial charge in [-0.25, -0.2) is 4.79 Å². The van der Waals surface area contributed by atoms with Gasteiger partial charge >= 0.3 is 6.03 Å². The average Bonchev–Trinajstić information content (AvgIpc) is 2.54. The van der Waals surface area contributed by atoms with Crippen molar-refractivity contribution in [2.45, 2.75) is 45.2 Å². The number of piperidine rings is 1. The molecule has 0 spiro atoms. The summed E-state index contributed by atoms with van der Waals surface area (Å²) in [5.41, 5.74) is 2.10. The van der Waals surface area contributed by atoms with Crippen molar-refractivity contribution >= 4 is 6.03 Å². The Morgan fingerprint density at radius 2 is 2.27 bits per heavy atom. The van der Waals surface area contributed by atoms with Crippen LogP contribution in [0.15, 0.2) is 18.2 Å². The molecule has 0 radical (unpaired) electrons. The van der Waals surface area contributed by atoms with E-state index in [1.807, 2.05) is 30.0 Å². The molecule has 1 saturated heterocycles. The maximum absolute atomic E-state index is 12.4. The third-order valence-corrected chi connectivity index (χ3v) is 4.27. The number of nitrogens with one attached hydrogen (secondary N) is 1. The van der Waals surface area contributed by atoms with E-state index in [9.17, 15) is 4.79 Å². The lowest BCUT2D eigenvalue weighted by Crippen LogP contribution is -2.48. The van der Waals surface area contributed by atoms with Gasteiger partial charge in [0.25, 0.3) is 0 Å². The van der Waals surface area contributed by atoms with Crippen LogP contribution >= 0.6 is 0 Å².